The van der Waals surface area contributed by atoms with E-state index in [2.05, 4.69) is 6.92 Å². The van der Waals surface area contributed by atoms with Gasteiger partial charge in [0.05, 0.1) is 13.2 Å². The molecule has 0 spiro atoms. The van der Waals surface area contributed by atoms with E-state index in [1.165, 1.54) is 12.8 Å². The van der Waals surface area contributed by atoms with Crippen LogP contribution in [-0.4, -0.2) is 13.2 Å². The molecule has 1 saturated carbocycles. The second kappa shape index (κ2) is 6.10. The summed E-state index contributed by atoms with van der Waals surface area (Å²) in [6, 6.07) is 5.86. The fourth-order valence-electron chi connectivity index (χ4n) is 2.47. The second-order valence-electron chi connectivity index (χ2n) is 5.18. The summed E-state index contributed by atoms with van der Waals surface area (Å²) in [5.41, 5.74) is 6.80. The lowest BCUT2D eigenvalue weighted by Gasteiger charge is -2.27. The van der Waals surface area contributed by atoms with E-state index in [0.717, 1.165) is 35.8 Å². The summed E-state index contributed by atoms with van der Waals surface area (Å²) in [7, 11) is 1.67. The molecule has 0 atom stereocenters. The van der Waals surface area contributed by atoms with Gasteiger partial charge in [0.2, 0.25) is 0 Å². The molecular weight excluding hydrogens is 226 g/mol. The van der Waals surface area contributed by atoms with Crippen molar-refractivity contribution >= 4 is 0 Å². The summed E-state index contributed by atoms with van der Waals surface area (Å²) >= 11 is 0. The topological polar surface area (TPSA) is 44.5 Å². The number of nitrogens with two attached hydrogens (primary N) is 1. The van der Waals surface area contributed by atoms with Crippen molar-refractivity contribution in [1.82, 2.24) is 0 Å². The molecule has 0 aliphatic heterocycles. The summed E-state index contributed by atoms with van der Waals surface area (Å²) in [6.07, 6.45) is 5.13. The number of hydrogen-bond donors (Lipinski definition) is 1. The maximum atomic E-state index is 6.11. The van der Waals surface area contributed by atoms with Crippen molar-refractivity contribution in [2.45, 2.75) is 45.3 Å². The van der Waals surface area contributed by atoms with Crippen LogP contribution in [0.25, 0.3) is 0 Å². The van der Waals surface area contributed by atoms with Crippen molar-refractivity contribution in [1.29, 1.82) is 0 Å². The highest BCUT2D eigenvalue weighted by Crippen LogP contribution is 2.30. The first-order valence-corrected chi connectivity index (χ1v) is 6.76. The number of methoxy groups -OCH3 is 1. The highest BCUT2D eigenvalue weighted by molar-refractivity contribution is 5.40. The van der Waals surface area contributed by atoms with Crippen LogP contribution in [0.2, 0.25) is 0 Å². The van der Waals surface area contributed by atoms with Crippen molar-refractivity contribution in [3.05, 3.63) is 23.8 Å². The van der Waals surface area contributed by atoms with Gasteiger partial charge in [0.1, 0.15) is 11.5 Å². The third kappa shape index (κ3) is 3.16. The van der Waals surface area contributed by atoms with Crippen LogP contribution in [0, 0.1) is 5.92 Å². The Labute approximate surface area is 109 Å². The summed E-state index contributed by atoms with van der Waals surface area (Å²) in [4.78, 5) is 0. The lowest BCUT2D eigenvalue weighted by atomic mass is 9.89. The molecule has 0 unspecified atom stereocenters. The molecule has 0 amide bonds. The smallest absolute Gasteiger partial charge is 0.127 e. The molecule has 1 aliphatic rings. The molecule has 1 aromatic rings. The Kier molecular flexibility index (Phi) is 4.48. The molecule has 1 aromatic carbocycles. The lowest BCUT2D eigenvalue weighted by Crippen LogP contribution is -2.23. The molecule has 2 N–H and O–H groups in total. The summed E-state index contributed by atoms with van der Waals surface area (Å²) in [5.74, 6) is 2.55. The number of ether oxygens (including phenoxy) is 2. The predicted molar refractivity (Wildman–Crippen MR) is 72.9 cm³/mol. The van der Waals surface area contributed by atoms with Crippen molar-refractivity contribution in [2.24, 2.45) is 11.7 Å². The summed E-state index contributed by atoms with van der Waals surface area (Å²) in [6.45, 7) is 2.82. The molecule has 18 heavy (non-hydrogen) atoms. The highest BCUT2D eigenvalue weighted by atomic mass is 16.5. The zero-order chi connectivity index (χ0) is 13.0. The van der Waals surface area contributed by atoms with Crippen molar-refractivity contribution in [2.75, 3.05) is 7.11 Å². The van der Waals surface area contributed by atoms with Gasteiger partial charge in [-0.15, -0.1) is 0 Å². The average Bonchev–Trinajstić information content (AvgIpc) is 2.41. The molecule has 0 aromatic heterocycles. The van der Waals surface area contributed by atoms with Gasteiger partial charge in [0.15, 0.2) is 0 Å². The van der Waals surface area contributed by atoms with Gasteiger partial charge in [-0.05, 0) is 37.7 Å². The Balaban J connectivity index is 2.07. The number of rotatable bonds is 4. The molecular formula is C15H23NO2. The molecule has 0 saturated heterocycles. The van der Waals surface area contributed by atoms with Gasteiger partial charge >= 0.3 is 0 Å². The summed E-state index contributed by atoms with van der Waals surface area (Å²) in [5, 5.41) is 0. The average molecular weight is 249 g/mol. The Hall–Kier alpha value is -1.22. The Morgan fingerprint density at radius 1 is 1.22 bits per heavy atom. The van der Waals surface area contributed by atoms with E-state index in [-0.39, 0.29) is 0 Å². The van der Waals surface area contributed by atoms with Gasteiger partial charge in [-0.25, -0.2) is 0 Å². The molecule has 1 fully saturated rings. The molecule has 3 nitrogen and oxygen atoms in total. The summed E-state index contributed by atoms with van der Waals surface area (Å²) < 4.78 is 11.3. The Bertz CT molecular complexity index is 384. The minimum atomic E-state index is 0.332. The minimum Gasteiger partial charge on any atom is -0.497 e. The maximum Gasteiger partial charge on any atom is 0.127 e. The monoisotopic (exact) mass is 249 g/mol. The molecule has 2 rings (SSSR count). The fraction of sp³-hybridized carbons (Fsp3) is 0.600. The number of benzene rings is 1. The van der Waals surface area contributed by atoms with E-state index in [9.17, 15) is 0 Å². The van der Waals surface area contributed by atoms with Crippen molar-refractivity contribution in [3.63, 3.8) is 0 Å². The molecule has 100 valence electrons. The molecule has 0 heterocycles. The molecule has 3 heteroatoms. The zero-order valence-electron chi connectivity index (χ0n) is 11.3. The van der Waals surface area contributed by atoms with Crippen LogP contribution in [-0.2, 0) is 6.54 Å². The number of hydrogen-bond acceptors (Lipinski definition) is 3. The minimum absolute atomic E-state index is 0.332. The first-order chi connectivity index (χ1) is 8.72. The molecule has 0 radical (unpaired) electrons. The SMILES string of the molecule is COc1ccc(CN)c(OC2CCC(C)CC2)c1. The van der Waals surface area contributed by atoms with Crippen molar-refractivity contribution in [3.8, 4) is 11.5 Å². The third-order valence-electron chi connectivity index (χ3n) is 3.75. The van der Waals surface area contributed by atoms with Crippen LogP contribution in [0.5, 0.6) is 11.5 Å². The first-order valence-electron chi connectivity index (χ1n) is 6.76. The third-order valence-corrected chi connectivity index (χ3v) is 3.75. The van der Waals surface area contributed by atoms with Crippen LogP contribution in [0.1, 0.15) is 38.2 Å². The van der Waals surface area contributed by atoms with Gasteiger partial charge in [0.25, 0.3) is 0 Å². The van der Waals surface area contributed by atoms with E-state index < -0.39 is 0 Å². The largest absolute Gasteiger partial charge is 0.497 e. The second-order valence-corrected chi connectivity index (χ2v) is 5.18. The van der Waals surface area contributed by atoms with Crippen LogP contribution >= 0.6 is 0 Å². The van der Waals surface area contributed by atoms with Crippen LogP contribution < -0.4 is 15.2 Å². The van der Waals surface area contributed by atoms with Gasteiger partial charge in [-0.2, -0.15) is 0 Å². The molecule has 1 aliphatic carbocycles. The standard InChI is InChI=1S/C15H23NO2/c1-11-3-6-13(7-4-11)18-15-9-14(17-2)8-5-12(15)10-16/h5,8-9,11,13H,3-4,6-7,10,16H2,1-2H3. The van der Waals surface area contributed by atoms with Crippen LogP contribution in [0.4, 0.5) is 0 Å². The van der Waals surface area contributed by atoms with Gasteiger partial charge in [-0.1, -0.05) is 13.0 Å². The van der Waals surface area contributed by atoms with Crippen molar-refractivity contribution < 1.29 is 9.47 Å². The molecule has 0 bridgehead atoms. The highest BCUT2D eigenvalue weighted by Gasteiger charge is 2.20. The lowest BCUT2D eigenvalue weighted by molar-refractivity contribution is 0.134. The van der Waals surface area contributed by atoms with E-state index >= 15 is 0 Å². The van der Waals surface area contributed by atoms with Gasteiger partial charge in [-0.3, -0.25) is 0 Å². The zero-order valence-corrected chi connectivity index (χ0v) is 11.3. The Morgan fingerprint density at radius 2 is 1.94 bits per heavy atom. The fourth-order valence-corrected chi connectivity index (χ4v) is 2.47. The van der Waals surface area contributed by atoms with E-state index in [1.807, 2.05) is 18.2 Å². The maximum absolute atomic E-state index is 6.11. The van der Waals surface area contributed by atoms with Crippen LogP contribution in [0.15, 0.2) is 18.2 Å². The van der Waals surface area contributed by atoms with Gasteiger partial charge in [0, 0.05) is 18.2 Å². The van der Waals surface area contributed by atoms with E-state index in [1.54, 1.807) is 7.11 Å². The van der Waals surface area contributed by atoms with E-state index in [0.29, 0.717) is 12.6 Å². The first kappa shape index (κ1) is 13.2. The normalized spacial score (nSPS) is 23.7. The van der Waals surface area contributed by atoms with E-state index in [4.69, 9.17) is 15.2 Å². The van der Waals surface area contributed by atoms with Crippen LogP contribution in [0.3, 0.4) is 0 Å². The Morgan fingerprint density at radius 3 is 2.56 bits per heavy atom. The van der Waals surface area contributed by atoms with Gasteiger partial charge < -0.3 is 15.2 Å². The quantitative estimate of drug-likeness (QED) is 0.891. The predicted octanol–water partition coefficient (Wildman–Crippen LogP) is 3.11.